The van der Waals surface area contributed by atoms with Crippen LogP contribution in [-0.4, -0.2) is 30.0 Å². The van der Waals surface area contributed by atoms with Crippen molar-refractivity contribution < 1.29 is 13.9 Å². The Bertz CT molecular complexity index is 939. The maximum absolute atomic E-state index is 12.8. The molecule has 1 saturated heterocycles. The molecule has 2 fully saturated rings. The minimum absolute atomic E-state index is 0.0420. The summed E-state index contributed by atoms with van der Waals surface area (Å²) in [5.74, 6) is 0.588. The van der Waals surface area contributed by atoms with E-state index in [2.05, 4.69) is 0 Å². The van der Waals surface area contributed by atoms with Crippen molar-refractivity contribution in [2.75, 3.05) is 13.1 Å². The molecule has 0 bridgehead atoms. The van der Waals surface area contributed by atoms with Crippen molar-refractivity contribution in [2.45, 2.75) is 59.0 Å². The van der Waals surface area contributed by atoms with Gasteiger partial charge in [0.15, 0.2) is 6.10 Å². The highest BCUT2D eigenvalue weighted by Gasteiger charge is 2.42. The van der Waals surface area contributed by atoms with Gasteiger partial charge in [-0.2, -0.15) is 0 Å². The van der Waals surface area contributed by atoms with Crippen LogP contribution < -0.4 is 10.4 Å². The predicted molar refractivity (Wildman–Crippen MR) is 104 cm³/mol. The van der Waals surface area contributed by atoms with E-state index in [1.807, 2.05) is 24.0 Å². The topological polar surface area (TPSA) is 59.8 Å². The first kappa shape index (κ1) is 18.1. The monoisotopic (exact) mass is 369 g/mol. The Morgan fingerprint density at radius 1 is 1.19 bits per heavy atom. The number of carbonyl (C=O) groups excluding carboxylic acids is 1. The van der Waals surface area contributed by atoms with E-state index >= 15 is 0 Å². The van der Waals surface area contributed by atoms with Crippen molar-refractivity contribution in [1.29, 1.82) is 0 Å². The van der Waals surface area contributed by atoms with E-state index in [0.29, 0.717) is 22.3 Å². The van der Waals surface area contributed by atoms with E-state index in [4.69, 9.17) is 9.15 Å². The number of benzene rings is 1. The lowest BCUT2D eigenvalue weighted by Gasteiger charge is -2.25. The van der Waals surface area contributed by atoms with Gasteiger partial charge in [0.25, 0.3) is 5.91 Å². The second kappa shape index (κ2) is 6.70. The second-order valence-electron chi connectivity index (χ2n) is 8.27. The number of likely N-dealkylation sites (tertiary alicyclic amines) is 1. The maximum atomic E-state index is 12.8. The van der Waals surface area contributed by atoms with Crippen LogP contribution in [0.4, 0.5) is 0 Å². The lowest BCUT2D eigenvalue weighted by atomic mass is 9.86. The Morgan fingerprint density at radius 2 is 1.93 bits per heavy atom. The lowest BCUT2D eigenvalue weighted by Crippen LogP contribution is -2.40. The summed E-state index contributed by atoms with van der Waals surface area (Å²) in [6.07, 6.45) is 5.62. The normalized spacial score (nSPS) is 19.7. The van der Waals surface area contributed by atoms with E-state index < -0.39 is 6.10 Å². The standard InChI is InChI=1S/C22H27NO4/c1-14-15(2)21(25)27-19-12-17(6-7-18(14)19)26-16(3)20(24)23-11-10-22(13-23)8-4-5-9-22/h6-7,12,16H,4-5,8-11,13H2,1-3H3. The molecule has 5 nitrogen and oxygen atoms in total. The summed E-state index contributed by atoms with van der Waals surface area (Å²) in [5, 5.41) is 0.890. The first-order valence-corrected chi connectivity index (χ1v) is 9.88. The molecule has 2 aliphatic rings. The van der Waals surface area contributed by atoms with Crippen LogP contribution in [0.15, 0.2) is 27.4 Å². The lowest BCUT2D eigenvalue weighted by molar-refractivity contribution is -0.137. The summed E-state index contributed by atoms with van der Waals surface area (Å²) in [5.41, 5.74) is 2.05. The summed E-state index contributed by atoms with van der Waals surface area (Å²) >= 11 is 0. The first-order valence-electron chi connectivity index (χ1n) is 9.88. The number of hydrogen-bond donors (Lipinski definition) is 0. The van der Waals surface area contributed by atoms with Gasteiger partial charge < -0.3 is 14.1 Å². The van der Waals surface area contributed by atoms with Gasteiger partial charge in [0, 0.05) is 30.1 Å². The summed E-state index contributed by atoms with van der Waals surface area (Å²) in [7, 11) is 0. The third-order valence-electron chi connectivity index (χ3n) is 6.50. The molecule has 1 amide bonds. The summed E-state index contributed by atoms with van der Waals surface area (Å²) in [4.78, 5) is 26.7. The molecular weight excluding hydrogens is 342 g/mol. The fourth-order valence-electron chi connectivity index (χ4n) is 4.67. The number of nitrogens with zero attached hydrogens (tertiary/aromatic N) is 1. The van der Waals surface area contributed by atoms with Crippen LogP contribution in [0.1, 0.15) is 50.2 Å². The number of ether oxygens (including phenoxy) is 1. The zero-order chi connectivity index (χ0) is 19.2. The van der Waals surface area contributed by atoms with Crippen molar-refractivity contribution in [3.63, 3.8) is 0 Å². The predicted octanol–water partition coefficient (Wildman–Crippen LogP) is 3.97. The van der Waals surface area contributed by atoms with E-state index in [1.165, 1.54) is 25.7 Å². The fraction of sp³-hybridized carbons (Fsp3) is 0.545. The fourth-order valence-corrected chi connectivity index (χ4v) is 4.67. The number of aryl methyl sites for hydroxylation is 1. The highest BCUT2D eigenvalue weighted by atomic mass is 16.5. The van der Waals surface area contributed by atoms with Crippen LogP contribution in [0, 0.1) is 19.3 Å². The van der Waals surface area contributed by atoms with E-state index in [0.717, 1.165) is 30.5 Å². The van der Waals surface area contributed by atoms with Gasteiger partial charge in [-0.25, -0.2) is 4.79 Å². The minimum Gasteiger partial charge on any atom is -0.481 e. The molecule has 2 aromatic rings. The molecule has 1 aromatic heterocycles. The van der Waals surface area contributed by atoms with E-state index in [1.54, 1.807) is 19.9 Å². The molecule has 1 unspecified atom stereocenters. The molecule has 0 N–H and O–H groups in total. The number of fused-ring (bicyclic) bond motifs is 1. The Morgan fingerprint density at radius 3 is 2.67 bits per heavy atom. The molecule has 1 saturated carbocycles. The SMILES string of the molecule is Cc1c(C)c2ccc(OC(C)C(=O)N3CCC4(CCCC4)C3)cc2oc1=O. The zero-order valence-electron chi connectivity index (χ0n) is 16.3. The Labute approximate surface area is 159 Å². The van der Waals surface area contributed by atoms with Gasteiger partial charge >= 0.3 is 5.63 Å². The minimum atomic E-state index is -0.558. The molecule has 1 aromatic carbocycles. The molecule has 1 spiro atoms. The summed E-state index contributed by atoms with van der Waals surface area (Å²) in [6, 6.07) is 5.42. The van der Waals surface area contributed by atoms with Gasteiger partial charge in [-0.05, 0) is 63.1 Å². The van der Waals surface area contributed by atoms with Crippen LogP contribution in [0.5, 0.6) is 5.75 Å². The van der Waals surface area contributed by atoms with Crippen molar-refractivity contribution >= 4 is 16.9 Å². The van der Waals surface area contributed by atoms with Crippen molar-refractivity contribution in [3.05, 3.63) is 39.7 Å². The van der Waals surface area contributed by atoms with Gasteiger partial charge in [0.2, 0.25) is 0 Å². The smallest absolute Gasteiger partial charge is 0.339 e. The maximum Gasteiger partial charge on any atom is 0.339 e. The van der Waals surface area contributed by atoms with Crippen LogP contribution in [-0.2, 0) is 4.79 Å². The summed E-state index contributed by atoms with van der Waals surface area (Å²) in [6.45, 7) is 7.16. The largest absolute Gasteiger partial charge is 0.481 e. The summed E-state index contributed by atoms with van der Waals surface area (Å²) < 4.78 is 11.3. The molecule has 4 rings (SSSR count). The van der Waals surface area contributed by atoms with Crippen molar-refractivity contribution in [2.24, 2.45) is 5.41 Å². The number of carbonyl (C=O) groups is 1. The molecule has 1 aliphatic carbocycles. The van der Waals surface area contributed by atoms with E-state index in [-0.39, 0.29) is 11.5 Å². The number of hydrogen-bond acceptors (Lipinski definition) is 4. The molecule has 144 valence electrons. The highest BCUT2D eigenvalue weighted by Crippen LogP contribution is 2.45. The van der Waals surface area contributed by atoms with Gasteiger partial charge in [-0.3, -0.25) is 4.79 Å². The Balaban J connectivity index is 1.49. The third kappa shape index (κ3) is 3.24. The van der Waals surface area contributed by atoms with Crippen LogP contribution in [0.25, 0.3) is 11.0 Å². The average Bonchev–Trinajstić information content (AvgIpc) is 3.29. The Hall–Kier alpha value is -2.30. The quantitative estimate of drug-likeness (QED) is 0.768. The number of amides is 1. The molecule has 0 radical (unpaired) electrons. The Kier molecular flexibility index (Phi) is 4.49. The van der Waals surface area contributed by atoms with Gasteiger partial charge in [-0.15, -0.1) is 0 Å². The molecule has 1 atom stereocenters. The van der Waals surface area contributed by atoms with Crippen LogP contribution in [0.3, 0.4) is 0 Å². The molecule has 5 heteroatoms. The molecule has 2 heterocycles. The molecular formula is C22H27NO4. The third-order valence-corrected chi connectivity index (χ3v) is 6.50. The van der Waals surface area contributed by atoms with Gasteiger partial charge in [0.1, 0.15) is 11.3 Å². The van der Waals surface area contributed by atoms with Crippen LogP contribution >= 0.6 is 0 Å². The van der Waals surface area contributed by atoms with Crippen molar-refractivity contribution in [1.82, 2.24) is 4.90 Å². The second-order valence-corrected chi connectivity index (χ2v) is 8.27. The zero-order valence-corrected chi connectivity index (χ0v) is 16.3. The average molecular weight is 369 g/mol. The first-order chi connectivity index (χ1) is 12.9. The van der Waals surface area contributed by atoms with Gasteiger partial charge in [0.05, 0.1) is 0 Å². The molecule has 27 heavy (non-hydrogen) atoms. The number of rotatable bonds is 3. The highest BCUT2D eigenvalue weighted by molar-refractivity contribution is 5.83. The van der Waals surface area contributed by atoms with Crippen molar-refractivity contribution in [3.8, 4) is 5.75 Å². The van der Waals surface area contributed by atoms with E-state index in [9.17, 15) is 9.59 Å². The van der Waals surface area contributed by atoms with Crippen LogP contribution in [0.2, 0.25) is 0 Å². The van der Waals surface area contributed by atoms with Gasteiger partial charge in [-0.1, -0.05) is 12.8 Å². The molecule has 1 aliphatic heterocycles.